The van der Waals surface area contributed by atoms with Crippen LogP contribution in [0.4, 0.5) is 10.7 Å². The molecule has 3 rings (SSSR count). The van der Waals surface area contributed by atoms with Gasteiger partial charge in [0.2, 0.25) is 15.7 Å². The van der Waals surface area contributed by atoms with E-state index in [1.54, 1.807) is 19.1 Å². The second kappa shape index (κ2) is 7.00. The highest BCUT2D eigenvalue weighted by molar-refractivity contribution is 7.92. The summed E-state index contributed by atoms with van der Waals surface area (Å²) in [7, 11) is -3.34. The number of hydrogen-bond acceptors (Lipinski definition) is 8. The summed E-state index contributed by atoms with van der Waals surface area (Å²) in [4.78, 5) is 24.3. The van der Waals surface area contributed by atoms with Crippen LogP contribution < -0.4 is 9.62 Å². The monoisotopic (exact) mass is 396 g/mol. The Hall–Kier alpha value is -2.53. The number of carbonyl (C=O) groups is 2. The Kier molecular flexibility index (Phi) is 4.92. The molecule has 26 heavy (non-hydrogen) atoms. The van der Waals surface area contributed by atoms with E-state index in [0.717, 1.165) is 23.4 Å². The van der Waals surface area contributed by atoms with Crippen molar-refractivity contribution in [3.8, 4) is 0 Å². The molecule has 0 radical (unpaired) electrons. The molecular formula is C15H16N4O5S2. The van der Waals surface area contributed by atoms with Gasteiger partial charge in [-0.3, -0.25) is 9.10 Å². The Labute approximate surface area is 154 Å². The first-order chi connectivity index (χ1) is 12.3. The van der Waals surface area contributed by atoms with Crippen molar-refractivity contribution >= 4 is 44.1 Å². The summed E-state index contributed by atoms with van der Waals surface area (Å²) in [5.41, 5.74) is 1.66. The zero-order chi connectivity index (χ0) is 18.9. The van der Waals surface area contributed by atoms with Gasteiger partial charge in [-0.2, -0.15) is 0 Å². The molecule has 0 unspecified atom stereocenters. The highest BCUT2D eigenvalue weighted by atomic mass is 32.2. The predicted octanol–water partition coefficient (Wildman–Crippen LogP) is 1.29. The van der Waals surface area contributed by atoms with Gasteiger partial charge < -0.3 is 10.1 Å². The van der Waals surface area contributed by atoms with Crippen LogP contribution in [0.1, 0.15) is 33.3 Å². The van der Waals surface area contributed by atoms with Gasteiger partial charge in [-0.1, -0.05) is 4.49 Å². The Morgan fingerprint density at radius 1 is 1.38 bits per heavy atom. The first kappa shape index (κ1) is 18.3. The molecule has 1 aliphatic rings. The van der Waals surface area contributed by atoms with Gasteiger partial charge in [-0.15, -0.1) is 5.10 Å². The Morgan fingerprint density at radius 2 is 2.15 bits per heavy atom. The van der Waals surface area contributed by atoms with Crippen LogP contribution in [0.2, 0.25) is 0 Å². The number of benzene rings is 1. The fraction of sp³-hybridized carbons (Fsp3) is 0.333. The number of sulfonamides is 1. The van der Waals surface area contributed by atoms with Crippen LogP contribution in [0, 0.1) is 0 Å². The van der Waals surface area contributed by atoms with Crippen molar-refractivity contribution < 1.29 is 22.7 Å². The smallest absolute Gasteiger partial charge is 0.362 e. The summed E-state index contributed by atoms with van der Waals surface area (Å²) in [5, 5.41) is 6.48. The molecule has 1 aromatic carbocycles. The van der Waals surface area contributed by atoms with Crippen LogP contribution in [0.3, 0.4) is 0 Å². The van der Waals surface area contributed by atoms with E-state index in [1.165, 1.54) is 10.4 Å². The molecule has 0 aliphatic carbocycles. The quantitative estimate of drug-likeness (QED) is 0.756. The van der Waals surface area contributed by atoms with Crippen LogP contribution in [-0.2, 0) is 21.2 Å². The van der Waals surface area contributed by atoms with Crippen molar-refractivity contribution in [2.45, 2.75) is 13.3 Å². The average molecular weight is 396 g/mol. The van der Waals surface area contributed by atoms with Crippen LogP contribution in [0.25, 0.3) is 0 Å². The molecule has 1 N–H and O–H groups in total. The molecule has 11 heteroatoms. The molecule has 0 fully saturated rings. The van der Waals surface area contributed by atoms with E-state index in [9.17, 15) is 18.0 Å². The number of nitrogens with zero attached hydrogens (tertiary/aromatic N) is 3. The lowest BCUT2D eigenvalue weighted by Gasteiger charge is -2.16. The summed E-state index contributed by atoms with van der Waals surface area (Å²) in [6.45, 7) is 2.21. The van der Waals surface area contributed by atoms with Crippen molar-refractivity contribution in [3.05, 3.63) is 35.0 Å². The number of amides is 1. The molecule has 1 aromatic heterocycles. The molecule has 0 bridgehead atoms. The lowest BCUT2D eigenvalue weighted by Crippen LogP contribution is -2.27. The summed E-state index contributed by atoms with van der Waals surface area (Å²) in [5.74, 6) is -1.10. The maximum atomic E-state index is 12.5. The number of anilines is 2. The molecule has 0 spiro atoms. The minimum atomic E-state index is -3.34. The molecule has 1 amide bonds. The first-order valence-electron chi connectivity index (χ1n) is 7.72. The largest absolute Gasteiger partial charge is 0.461 e. The summed E-state index contributed by atoms with van der Waals surface area (Å²) in [6.07, 6.45) is 1.68. The molecule has 0 atom stereocenters. The third kappa shape index (κ3) is 3.53. The molecular weight excluding hydrogens is 380 g/mol. The third-order valence-electron chi connectivity index (χ3n) is 3.78. The average Bonchev–Trinajstić information content (AvgIpc) is 3.20. The van der Waals surface area contributed by atoms with E-state index >= 15 is 0 Å². The number of fused-ring (bicyclic) bond motifs is 1. The van der Waals surface area contributed by atoms with E-state index < -0.39 is 21.9 Å². The van der Waals surface area contributed by atoms with Crippen molar-refractivity contribution in [1.29, 1.82) is 0 Å². The molecule has 1 aliphatic heterocycles. The van der Waals surface area contributed by atoms with Crippen molar-refractivity contribution in [2.75, 3.05) is 29.0 Å². The fourth-order valence-corrected chi connectivity index (χ4v) is 4.15. The number of carbonyl (C=O) groups excluding carboxylic acids is 2. The van der Waals surface area contributed by atoms with Crippen LogP contribution in [-0.4, -0.2) is 49.3 Å². The number of ether oxygens (including phenoxy) is 1. The molecule has 2 aromatic rings. The van der Waals surface area contributed by atoms with E-state index in [2.05, 4.69) is 14.9 Å². The second-order valence-electron chi connectivity index (χ2n) is 5.55. The lowest BCUT2D eigenvalue weighted by molar-refractivity contribution is 0.0520. The van der Waals surface area contributed by atoms with Crippen LogP contribution in [0.15, 0.2) is 18.2 Å². The summed E-state index contributed by atoms with van der Waals surface area (Å²) < 4.78 is 33.4. The van der Waals surface area contributed by atoms with Gasteiger partial charge in [0.25, 0.3) is 5.91 Å². The molecule has 0 saturated heterocycles. The standard InChI is InChI=1S/C15H16N4O5S2/c1-3-24-15(21)12-14(25-18-17-12)16-13(20)10-4-5-11-9(8-10)6-7-19(11)26(2,22)23/h4-5,8H,3,6-7H2,1-2H3,(H,16,20). The number of hydrogen-bond donors (Lipinski definition) is 1. The van der Waals surface area contributed by atoms with Gasteiger partial charge in [0.1, 0.15) is 0 Å². The zero-order valence-corrected chi connectivity index (χ0v) is 15.7. The number of nitrogens with one attached hydrogen (secondary N) is 1. The van der Waals surface area contributed by atoms with Crippen LogP contribution in [0.5, 0.6) is 0 Å². The van der Waals surface area contributed by atoms with E-state index in [-0.39, 0.29) is 17.3 Å². The van der Waals surface area contributed by atoms with Crippen molar-refractivity contribution in [3.63, 3.8) is 0 Å². The summed E-state index contributed by atoms with van der Waals surface area (Å²) in [6, 6.07) is 4.79. The molecule has 138 valence electrons. The Morgan fingerprint density at radius 3 is 2.85 bits per heavy atom. The van der Waals surface area contributed by atoms with Gasteiger partial charge in [-0.05, 0) is 37.1 Å². The second-order valence-corrected chi connectivity index (χ2v) is 8.21. The van der Waals surface area contributed by atoms with E-state index in [1.807, 2.05) is 0 Å². The van der Waals surface area contributed by atoms with Gasteiger partial charge in [0.05, 0.1) is 18.6 Å². The molecule has 0 saturated carbocycles. The minimum Gasteiger partial charge on any atom is -0.461 e. The van der Waals surface area contributed by atoms with E-state index in [0.29, 0.717) is 24.2 Å². The van der Waals surface area contributed by atoms with Crippen LogP contribution >= 0.6 is 11.5 Å². The predicted molar refractivity (Wildman–Crippen MR) is 96.2 cm³/mol. The highest BCUT2D eigenvalue weighted by Gasteiger charge is 2.27. The lowest BCUT2D eigenvalue weighted by atomic mass is 10.1. The Bertz CT molecular complexity index is 970. The van der Waals surface area contributed by atoms with Gasteiger partial charge in [-0.25, -0.2) is 13.2 Å². The number of rotatable bonds is 5. The zero-order valence-electron chi connectivity index (χ0n) is 14.1. The number of aromatic nitrogens is 2. The topological polar surface area (TPSA) is 119 Å². The normalized spacial score (nSPS) is 13.4. The van der Waals surface area contributed by atoms with Crippen molar-refractivity contribution in [2.24, 2.45) is 0 Å². The minimum absolute atomic E-state index is 0.0467. The Balaban J connectivity index is 1.81. The number of esters is 1. The third-order valence-corrected chi connectivity index (χ3v) is 5.60. The molecule has 9 nitrogen and oxygen atoms in total. The van der Waals surface area contributed by atoms with Gasteiger partial charge in [0, 0.05) is 23.6 Å². The maximum absolute atomic E-state index is 12.5. The molecule has 2 heterocycles. The SMILES string of the molecule is CCOC(=O)c1nnsc1NC(=O)c1ccc2c(c1)CCN2S(C)(=O)=O. The summed E-state index contributed by atoms with van der Waals surface area (Å²) >= 11 is 0.875. The van der Waals surface area contributed by atoms with Gasteiger partial charge in [0.15, 0.2) is 5.00 Å². The van der Waals surface area contributed by atoms with E-state index in [4.69, 9.17) is 4.74 Å². The van der Waals surface area contributed by atoms with Gasteiger partial charge >= 0.3 is 5.97 Å². The fourth-order valence-electron chi connectivity index (χ4n) is 2.64. The first-order valence-corrected chi connectivity index (χ1v) is 10.3. The van der Waals surface area contributed by atoms with Crippen molar-refractivity contribution in [1.82, 2.24) is 9.59 Å². The maximum Gasteiger partial charge on any atom is 0.362 e. The highest BCUT2D eigenvalue weighted by Crippen LogP contribution is 2.31.